The summed E-state index contributed by atoms with van der Waals surface area (Å²) < 4.78 is 0.779. The molecule has 0 amide bonds. The predicted octanol–water partition coefficient (Wildman–Crippen LogP) is 0.600. The molecule has 12 heavy (non-hydrogen) atoms. The van der Waals surface area contributed by atoms with Crippen molar-refractivity contribution in [2.75, 3.05) is 0 Å². The first-order valence-electron chi connectivity index (χ1n) is 4.15. The summed E-state index contributed by atoms with van der Waals surface area (Å²) >= 11 is 0. The Bertz CT molecular complexity index is 233. The molecule has 0 aliphatic carbocycles. The van der Waals surface area contributed by atoms with Crippen molar-refractivity contribution < 1.29 is 4.73 Å². The summed E-state index contributed by atoms with van der Waals surface area (Å²) in [6.07, 6.45) is 4.80. The van der Waals surface area contributed by atoms with E-state index in [2.05, 4.69) is 6.92 Å². The Kier molecular flexibility index (Phi) is 3.05. The van der Waals surface area contributed by atoms with E-state index in [1.54, 1.807) is 0 Å². The Morgan fingerprint density at radius 1 is 1.50 bits per heavy atom. The minimum Gasteiger partial charge on any atom is -0.619 e. The van der Waals surface area contributed by atoms with Crippen LogP contribution in [0.15, 0.2) is 24.5 Å². The van der Waals surface area contributed by atoms with Gasteiger partial charge in [-0.05, 0) is 18.4 Å². The Hall–Kier alpha value is -1.09. The van der Waals surface area contributed by atoms with Crippen molar-refractivity contribution >= 4 is 0 Å². The Labute approximate surface area is 72.4 Å². The number of rotatable bonds is 3. The van der Waals surface area contributed by atoms with E-state index in [0.29, 0.717) is 0 Å². The molecule has 0 bridgehead atoms. The van der Waals surface area contributed by atoms with Gasteiger partial charge in [0.05, 0.1) is 0 Å². The first-order chi connectivity index (χ1) is 5.72. The highest BCUT2D eigenvalue weighted by Gasteiger charge is 2.01. The van der Waals surface area contributed by atoms with Crippen LogP contribution in [0.4, 0.5) is 0 Å². The Morgan fingerprint density at radius 3 is 2.58 bits per heavy atom. The molecule has 0 spiro atoms. The number of aromatic nitrogens is 1. The van der Waals surface area contributed by atoms with Crippen molar-refractivity contribution in [2.24, 2.45) is 5.73 Å². The van der Waals surface area contributed by atoms with Crippen molar-refractivity contribution in [3.8, 4) is 0 Å². The van der Waals surface area contributed by atoms with Crippen LogP contribution >= 0.6 is 0 Å². The summed E-state index contributed by atoms with van der Waals surface area (Å²) in [5, 5.41) is 10.7. The standard InChI is InChI=1S/C9H14N2O/c1-2-9(10)7-8-3-5-11(12)6-4-8/h3-6,9H,2,7,10H2,1H3. The smallest absolute Gasteiger partial charge is 0.180 e. The van der Waals surface area contributed by atoms with Crippen LogP contribution in [0.3, 0.4) is 0 Å². The number of hydrogen-bond acceptors (Lipinski definition) is 2. The van der Waals surface area contributed by atoms with Crippen molar-refractivity contribution in [1.82, 2.24) is 0 Å². The summed E-state index contributed by atoms with van der Waals surface area (Å²) in [5.74, 6) is 0. The van der Waals surface area contributed by atoms with Crippen LogP contribution in [-0.4, -0.2) is 6.04 Å². The molecular formula is C9H14N2O. The third-order valence-corrected chi connectivity index (χ3v) is 1.89. The topological polar surface area (TPSA) is 53.0 Å². The van der Waals surface area contributed by atoms with Gasteiger partial charge < -0.3 is 10.9 Å². The molecule has 0 radical (unpaired) electrons. The maximum atomic E-state index is 10.7. The molecule has 0 aliphatic rings. The fraction of sp³-hybridized carbons (Fsp3) is 0.444. The van der Waals surface area contributed by atoms with Gasteiger partial charge in [0, 0.05) is 18.2 Å². The molecule has 1 atom stereocenters. The van der Waals surface area contributed by atoms with E-state index in [1.165, 1.54) is 12.4 Å². The second kappa shape index (κ2) is 4.07. The average Bonchev–Trinajstić information content (AvgIpc) is 2.09. The van der Waals surface area contributed by atoms with E-state index in [-0.39, 0.29) is 6.04 Å². The molecule has 1 unspecified atom stereocenters. The van der Waals surface area contributed by atoms with Crippen LogP contribution in [0.2, 0.25) is 0 Å². The monoisotopic (exact) mass is 166 g/mol. The number of nitrogens with two attached hydrogens (primary N) is 1. The summed E-state index contributed by atoms with van der Waals surface area (Å²) in [4.78, 5) is 0. The van der Waals surface area contributed by atoms with Crippen LogP contribution in [0, 0.1) is 5.21 Å². The minimum atomic E-state index is 0.201. The zero-order valence-electron chi connectivity index (χ0n) is 7.23. The van der Waals surface area contributed by atoms with Gasteiger partial charge in [-0.1, -0.05) is 6.92 Å². The van der Waals surface area contributed by atoms with Crippen LogP contribution in [0.1, 0.15) is 18.9 Å². The third kappa shape index (κ3) is 2.51. The van der Waals surface area contributed by atoms with Gasteiger partial charge in [-0.25, -0.2) is 0 Å². The van der Waals surface area contributed by atoms with Gasteiger partial charge in [-0.3, -0.25) is 0 Å². The molecular weight excluding hydrogens is 152 g/mol. The molecule has 0 saturated carbocycles. The summed E-state index contributed by atoms with van der Waals surface area (Å²) in [6, 6.07) is 3.82. The first-order valence-corrected chi connectivity index (χ1v) is 4.15. The van der Waals surface area contributed by atoms with Gasteiger partial charge >= 0.3 is 0 Å². The van der Waals surface area contributed by atoms with Gasteiger partial charge in [0.2, 0.25) is 0 Å². The molecule has 1 aromatic heterocycles. The number of hydrogen-bond donors (Lipinski definition) is 1. The number of pyridine rings is 1. The fourth-order valence-corrected chi connectivity index (χ4v) is 1.03. The Morgan fingerprint density at radius 2 is 2.08 bits per heavy atom. The van der Waals surface area contributed by atoms with Gasteiger partial charge in [-0.15, -0.1) is 0 Å². The molecule has 1 rings (SSSR count). The van der Waals surface area contributed by atoms with E-state index >= 15 is 0 Å². The lowest BCUT2D eigenvalue weighted by atomic mass is 10.1. The summed E-state index contributed by atoms with van der Waals surface area (Å²) in [6.45, 7) is 2.06. The van der Waals surface area contributed by atoms with Crippen LogP contribution in [0.25, 0.3) is 0 Å². The maximum Gasteiger partial charge on any atom is 0.180 e. The van der Waals surface area contributed by atoms with Gasteiger partial charge in [0.1, 0.15) is 0 Å². The van der Waals surface area contributed by atoms with Crippen LogP contribution < -0.4 is 10.5 Å². The molecule has 2 N–H and O–H groups in total. The molecule has 3 heteroatoms. The summed E-state index contributed by atoms with van der Waals surface area (Å²) in [5.41, 5.74) is 6.88. The fourth-order valence-electron chi connectivity index (χ4n) is 1.03. The first kappa shape index (κ1) is 9.00. The van der Waals surface area contributed by atoms with E-state index in [9.17, 15) is 5.21 Å². The molecule has 0 fully saturated rings. The van der Waals surface area contributed by atoms with E-state index in [4.69, 9.17) is 5.73 Å². The highest BCUT2D eigenvalue weighted by Crippen LogP contribution is 2.01. The van der Waals surface area contributed by atoms with E-state index in [1.807, 2.05) is 12.1 Å². The highest BCUT2D eigenvalue weighted by molar-refractivity contribution is 5.08. The van der Waals surface area contributed by atoms with Crippen molar-refractivity contribution in [3.63, 3.8) is 0 Å². The molecule has 3 nitrogen and oxygen atoms in total. The lowest BCUT2D eigenvalue weighted by Crippen LogP contribution is -2.25. The average molecular weight is 166 g/mol. The Balaban J connectivity index is 2.58. The van der Waals surface area contributed by atoms with E-state index in [0.717, 1.165) is 23.1 Å². The molecule has 1 heterocycles. The minimum absolute atomic E-state index is 0.201. The highest BCUT2D eigenvalue weighted by atomic mass is 16.5. The molecule has 0 saturated heterocycles. The lowest BCUT2D eigenvalue weighted by Gasteiger charge is -2.07. The number of nitrogens with zero attached hydrogens (tertiary/aromatic N) is 1. The van der Waals surface area contributed by atoms with Gasteiger partial charge in [-0.2, -0.15) is 4.73 Å². The molecule has 0 aliphatic heterocycles. The maximum absolute atomic E-state index is 10.7. The van der Waals surface area contributed by atoms with Crippen LogP contribution in [0.5, 0.6) is 0 Å². The van der Waals surface area contributed by atoms with Gasteiger partial charge in [0.15, 0.2) is 12.4 Å². The normalized spacial score (nSPS) is 12.8. The second-order valence-electron chi connectivity index (χ2n) is 2.94. The molecule has 1 aromatic rings. The third-order valence-electron chi connectivity index (χ3n) is 1.89. The quantitative estimate of drug-likeness (QED) is 0.528. The molecule has 66 valence electrons. The SMILES string of the molecule is CCC(N)Cc1cc[n+]([O-])cc1. The zero-order chi connectivity index (χ0) is 8.97. The van der Waals surface area contributed by atoms with Gasteiger partial charge in [0.25, 0.3) is 0 Å². The zero-order valence-corrected chi connectivity index (χ0v) is 7.23. The summed E-state index contributed by atoms with van der Waals surface area (Å²) in [7, 11) is 0. The molecule has 0 aromatic carbocycles. The van der Waals surface area contributed by atoms with Crippen molar-refractivity contribution in [1.29, 1.82) is 0 Å². The van der Waals surface area contributed by atoms with Crippen molar-refractivity contribution in [3.05, 3.63) is 35.3 Å². The van der Waals surface area contributed by atoms with E-state index < -0.39 is 0 Å². The lowest BCUT2D eigenvalue weighted by molar-refractivity contribution is -0.605. The van der Waals surface area contributed by atoms with Crippen LogP contribution in [-0.2, 0) is 6.42 Å². The van der Waals surface area contributed by atoms with Crippen molar-refractivity contribution in [2.45, 2.75) is 25.8 Å². The second-order valence-corrected chi connectivity index (χ2v) is 2.94. The predicted molar refractivity (Wildman–Crippen MR) is 47.4 cm³/mol. The largest absolute Gasteiger partial charge is 0.619 e.